The predicted octanol–water partition coefficient (Wildman–Crippen LogP) is 3.29. The molecule has 1 unspecified atom stereocenters. The minimum absolute atomic E-state index is 0.0765. The van der Waals surface area contributed by atoms with Gasteiger partial charge in [0.15, 0.2) is 0 Å². The van der Waals surface area contributed by atoms with E-state index in [1.165, 1.54) is 0 Å². The number of carbonyl (C=O) groups is 2. The van der Waals surface area contributed by atoms with Crippen molar-refractivity contribution in [3.63, 3.8) is 0 Å². The standard InChI is InChI=1S/C21H32N5O3P.C2H6/c1-20(2,3)29-19(28)25-6-4-21(5-7-25)13-24(14-21)8-9-26-12-15-10-16(30)11-22-17(15)23-18(26)27;1-2/h10-11H,4-9,12-14,30H2,1-3H3,(H,22,23,27);1-2H3. The third-order valence-corrected chi connectivity index (χ3v) is 6.46. The van der Waals surface area contributed by atoms with Gasteiger partial charge in [-0.1, -0.05) is 13.8 Å². The minimum atomic E-state index is -0.450. The summed E-state index contributed by atoms with van der Waals surface area (Å²) < 4.78 is 5.49. The Bertz CT molecular complexity index is 825. The summed E-state index contributed by atoms with van der Waals surface area (Å²) in [7, 11) is 2.65. The topological polar surface area (TPSA) is 78.0 Å². The van der Waals surface area contributed by atoms with E-state index in [4.69, 9.17) is 4.74 Å². The van der Waals surface area contributed by atoms with E-state index in [-0.39, 0.29) is 12.1 Å². The molecule has 9 heteroatoms. The molecule has 2 fully saturated rings. The smallest absolute Gasteiger partial charge is 0.410 e. The highest BCUT2D eigenvalue weighted by Gasteiger charge is 2.45. The average Bonchev–Trinajstić information content (AvgIpc) is 2.71. The molecule has 1 aromatic heterocycles. The summed E-state index contributed by atoms with van der Waals surface area (Å²) in [6.07, 6.45) is 3.58. The number of hydrogen-bond acceptors (Lipinski definition) is 5. The summed E-state index contributed by atoms with van der Waals surface area (Å²) in [5.41, 5.74) is 0.915. The van der Waals surface area contributed by atoms with Crippen molar-refractivity contribution in [2.75, 3.05) is 44.6 Å². The number of nitrogens with one attached hydrogen (secondary N) is 1. The summed E-state index contributed by atoms with van der Waals surface area (Å²) in [6.45, 7) is 15.5. The number of rotatable bonds is 3. The second kappa shape index (κ2) is 9.92. The molecule has 0 radical (unpaired) electrons. The molecule has 0 aliphatic carbocycles. The number of anilines is 1. The fourth-order valence-electron chi connectivity index (χ4n) is 4.53. The molecule has 1 aromatic rings. The molecule has 1 N–H and O–H groups in total. The molecule has 8 nitrogen and oxygen atoms in total. The van der Waals surface area contributed by atoms with Crippen LogP contribution in [0.25, 0.3) is 0 Å². The average molecular weight is 464 g/mol. The van der Waals surface area contributed by atoms with Crippen molar-refractivity contribution in [1.29, 1.82) is 0 Å². The lowest BCUT2D eigenvalue weighted by Gasteiger charge is -2.54. The SMILES string of the molecule is CC.CC(C)(C)OC(=O)N1CCC2(CC1)CN(CCN1Cc3cc(P)cnc3NC1=O)C2. The molecule has 0 saturated carbocycles. The van der Waals surface area contributed by atoms with Crippen LogP contribution < -0.4 is 10.6 Å². The Balaban J connectivity index is 0.00000141. The number of amides is 3. The molecule has 178 valence electrons. The highest BCUT2D eigenvalue weighted by Crippen LogP contribution is 2.40. The molecule has 3 aliphatic rings. The molecule has 32 heavy (non-hydrogen) atoms. The number of urea groups is 1. The van der Waals surface area contributed by atoms with Crippen molar-refractivity contribution >= 4 is 32.5 Å². The monoisotopic (exact) mass is 463 g/mol. The molecular formula is C23H38N5O3P. The fraction of sp³-hybridized carbons (Fsp3) is 0.696. The van der Waals surface area contributed by atoms with Crippen LogP contribution >= 0.6 is 9.24 Å². The van der Waals surface area contributed by atoms with Gasteiger partial charge in [-0.15, -0.1) is 9.24 Å². The highest BCUT2D eigenvalue weighted by atomic mass is 31.0. The van der Waals surface area contributed by atoms with Gasteiger partial charge in [0, 0.05) is 51.0 Å². The third kappa shape index (κ3) is 5.90. The number of nitrogens with zero attached hydrogens (tertiary/aromatic N) is 4. The van der Waals surface area contributed by atoms with E-state index in [2.05, 4.69) is 30.5 Å². The van der Waals surface area contributed by atoms with Gasteiger partial charge in [-0.05, 0) is 50.4 Å². The van der Waals surface area contributed by atoms with Gasteiger partial charge >= 0.3 is 12.1 Å². The third-order valence-electron chi connectivity index (χ3n) is 6.14. The van der Waals surface area contributed by atoms with Crippen LogP contribution in [0.15, 0.2) is 12.3 Å². The number of fused-ring (bicyclic) bond motifs is 1. The number of carbonyl (C=O) groups excluding carboxylic acids is 2. The van der Waals surface area contributed by atoms with Crippen molar-refractivity contribution in [2.45, 2.75) is 59.6 Å². The number of likely N-dealkylation sites (tertiary alicyclic amines) is 2. The summed E-state index contributed by atoms with van der Waals surface area (Å²) in [5.74, 6) is 0.669. The van der Waals surface area contributed by atoms with Crippen LogP contribution in [0.3, 0.4) is 0 Å². The zero-order valence-electron chi connectivity index (χ0n) is 20.1. The van der Waals surface area contributed by atoms with Crippen molar-refractivity contribution in [1.82, 2.24) is 19.7 Å². The molecule has 4 rings (SSSR count). The maximum atomic E-state index is 12.4. The highest BCUT2D eigenvalue weighted by molar-refractivity contribution is 7.27. The lowest BCUT2D eigenvalue weighted by atomic mass is 9.72. The van der Waals surface area contributed by atoms with E-state index in [0.717, 1.165) is 56.4 Å². The van der Waals surface area contributed by atoms with E-state index in [9.17, 15) is 9.59 Å². The van der Waals surface area contributed by atoms with Crippen LogP contribution in [0.5, 0.6) is 0 Å². The Morgan fingerprint density at radius 1 is 1.22 bits per heavy atom. The zero-order chi connectivity index (χ0) is 23.5. The van der Waals surface area contributed by atoms with E-state index in [0.29, 0.717) is 24.3 Å². The molecule has 3 amide bonds. The molecular weight excluding hydrogens is 425 g/mol. The number of hydrogen-bond donors (Lipinski definition) is 1. The van der Waals surface area contributed by atoms with Crippen LogP contribution in [0.2, 0.25) is 0 Å². The van der Waals surface area contributed by atoms with E-state index in [1.807, 2.05) is 44.4 Å². The van der Waals surface area contributed by atoms with Crippen molar-refractivity contribution < 1.29 is 14.3 Å². The number of pyridine rings is 1. The Labute approximate surface area is 194 Å². The van der Waals surface area contributed by atoms with Crippen LogP contribution in [0.4, 0.5) is 15.4 Å². The van der Waals surface area contributed by atoms with E-state index in [1.54, 1.807) is 6.20 Å². The van der Waals surface area contributed by atoms with Crippen LogP contribution in [0.1, 0.15) is 53.0 Å². The number of ether oxygens (including phenoxy) is 1. The normalized spacial score (nSPS) is 20.0. The van der Waals surface area contributed by atoms with Gasteiger partial charge in [-0.3, -0.25) is 5.32 Å². The second-order valence-corrected chi connectivity index (χ2v) is 10.5. The number of piperidine rings is 1. The van der Waals surface area contributed by atoms with Gasteiger partial charge in [-0.25, -0.2) is 14.6 Å². The van der Waals surface area contributed by atoms with Gasteiger partial charge in [0.25, 0.3) is 0 Å². The van der Waals surface area contributed by atoms with Gasteiger partial charge in [0.05, 0.1) is 6.54 Å². The second-order valence-electron chi connectivity index (χ2n) is 9.81. The lowest BCUT2D eigenvalue weighted by Crippen LogP contribution is -2.62. The summed E-state index contributed by atoms with van der Waals surface area (Å²) >= 11 is 0. The molecule has 4 heterocycles. The van der Waals surface area contributed by atoms with E-state index < -0.39 is 5.60 Å². The predicted molar refractivity (Wildman–Crippen MR) is 130 cm³/mol. The van der Waals surface area contributed by atoms with E-state index >= 15 is 0 Å². The van der Waals surface area contributed by atoms with Crippen LogP contribution in [0, 0.1) is 5.41 Å². The van der Waals surface area contributed by atoms with Crippen molar-refractivity contribution in [3.8, 4) is 0 Å². The van der Waals surface area contributed by atoms with Crippen molar-refractivity contribution in [3.05, 3.63) is 17.8 Å². The van der Waals surface area contributed by atoms with Crippen LogP contribution in [-0.2, 0) is 11.3 Å². The molecule has 3 aliphatic heterocycles. The molecule has 1 spiro atoms. The quantitative estimate of drug-likeness (QED) is 0.696. The lowest BCUT2D eigenvalue weighted by molar-refractivity contribution is -0.0525. The fourth-order valence-corrected chi connectivity index (χ4v) is 4.80. The maximum Gasteiger partial charge on any atom is 0.410 e. The Kier molecular flexibility index (Phi) is 7.66. The van der Waals surface area contributed by atoms with Gasteiger partial charge in [0.2, 0.25) is 0 Å². The largest absolute Gasteiger partial charge is 0.444 e. The first-order valence-electron chi connectivity index (χ1n) is 11.6. The summed E-state index contributed by atoms with van der Waals surface area (Å²) in [5, 5.41) is 3.90. The number of aromatic nitrogens is 1. The van der Waals surface area contributed by atoms with Gasteiger partial charge in [-0.2, -0.15) is 0 Å². The Morgan fingerprint density at radius 3 is 2.50 bits per heavy atom. The Morgan fingerprint density at radius 2 is 1.88 bits per heavy atom. The van der Waals surface area contributed by atoms with Crippen molar-refractivity contribution in [2.24, 2.45) is 5.41 Å². The molecule has 2 saturated heterocycles. The zero-order valence-corrected chi connectivity index (χ0v) is 21.3. The first-order valence-corrected chi connectivity index (χ1v) is 12.2. The maximum absolute atomic E-state index is 12.4. The molecule has 1 atom stereocenters. The summed E-state index contributed by atoms with van der Waals surface area (Å²) in [6, 6.07) is 1.98. The molecule has 0 aromatic carbocycles. The summed E-state index contributed by atoms with van der Waals surface area (Å²) in [4.78, 5) is 35.0. The first-order chi connectivity index (χ1) is 15.1. The first kappa shape index (κ1) is 24.7. The van der Waals surface area contributed by atoms with Gasteiger partial charge < -0.3 is 19.4 Å². The Hall–Kier alpha value is -1.92. The minimum Gasteiger partial charge on any atom is -0.444 e. The molecule has 0 bridgehead atoms. The van der Waals surface area contributed by atoms with Gasteiger partial charge in [0.1, 0.15) is 11.4 Å². The van der Waals surface area contributed by atoms with Crippen LogP contribution in [-0.4, -0.2) is 76.7 Å².